The highest BCUT2D eigenvalue weighted by molar-refractivity contribution is 5.85. The fourth-order valence-corrected chi connectivity index (χ4v) is 2.41. The molecular formula is C13H17ClN4O2. The van der Waals surface area contributed by atoms with Crippen LogP contribution in [0.4, 0.5) is 0 Å². The Bertz CT molecular complexity index is 658. The van der Waals surface area contributed by atoms with Crippen molar-refractivity contribution in [2.45, 2.75) is 6.54 Å². The van der Waals surface area contributed by atoms with Crippen molar-refractivity contribution in [3.05, 3.63) is 34.7 Å². The van der Waals surface area contributed by atoms with Crippen LogP contribution in [0.3, 0.4) is 0 Å². The number of carbonyl (C=O) groups excluding carboxylic acids is 1. The number of nitrogens with zero attached hydrogens (tertiary/aromatic N) is 2. The van der Waals surface area contributed by atoms with E-state index in [2.05, 4.69) is 10.3 Å². The zero-order valence-electron chi connectivity index (χ0n) is 11.0. The SMILES string of the molecule is Cl.O=C(Cn1c(=O)[nH]c2ccccc21)N1CCNCC1. The number of benzene rings is 1. The van der Waals surface area contributed by atoms with E-state index in [4.69, 9.17) is 0 Å². The molecule has 2 N–H and O–H groups in total. The summed E-state index contributed by atoms with van der Waals surface area (Å²) < 4.78 is 1.50. The van der Waals surface area contributed by atoms with Crippen LogP contribution in [0.25, 0.3) is 11.0 Å². The zero-order valence-corrected chi connectivity index (χ0v) is 11.8. The number of hydrogen-bond donors (Lipinski definition) is 2. The molecule has 1 aliphatic heterocycles. The molecule has 3 rings (SSSR count). The summed E-state index contributed by atoms with van der Waals surface area (Å²) in [5.74, 6) is -0.00615. The molecule has 1 saturated heterocycles. The molecule has 1 amide bonds. The molecular weight excluding hydrogens is 280 g/mol. The van der Waals surface area contributed by atoms with E-state index >= 15 is 0 Å². The third kappa shape index (κ3) is 2.71. The van der Waals surface area contributed by atoms with Crippen molar-refractivity contribution in [3.63, 3.8) is 0 Å². The van der Waals surface area contributed by atoms with E-state index in [-0.39, 0.29) is 30.5 Å². The first-order valence-electron chi connectivity index (χ1n) is 6.42. The largest absolute Gasteiger partial charge is 0.339 e. The highest BCUT2D eigenvalue weighted by Crippen LogP contribution is 2.09. The van der Waals surface area contributed by atoms with Gasteiger partial charge in [-0.05, 0) is 12.1 Å². The second-order valence-electron chi connectivity index (χ2n) is 4.66. The molecule has 1 aromatic carbocycles. The van der Waals surface area contributed by atoms with Gasteiger partial charge in [-0.2, -0.15) is 0 Å². The molecule has 6 nitrogen and oxygen atoms in total. The van der Waals surface area contributed by atoms with Crippen molar-refractivity contribution >= 4 is 29.3 Å². The van der Waals surface area contributed by atoms with Gasteiger partial charge in [0.15, 0.2) is 0 Å². The van der Waals surface area contributed by atoms with Crippen LogP contribution in [-0.2, 0) is 11.3 Å². The van der Waals surface area contributed by atoms with E-state index in [1.807, 2.05) is 24.3 Å². The Hall–Kier alpha value is -1.79. The summed E-state index contributed by atoms with van der Waals surface area (Å²) in [4.78, 5) is 28.6. The van der Waals surface area contributed by atoms with Crippen molar-refractivity contribution < 1.29 is 4.79 Å². The van der Waals surface area contributed by atoms with Crippen molar-refractivity contribution in [2.75, 3.05) is 26.2 Å². The van der Waals surface area contributed by atoms with Gasteiger partial charge in [-0.15, -0.1) is 12.4 Å². The highest BCUT2D eigenvalue weighted by atomic mass is 35.5. The van der Waals surface area contributed by atoms with E-state index in [0.717, 1.165) is 24.1 Å². The number of hydrogen-bond acceptors (Lipinski definition) is 3. The highest BCUT2D eigenvalue weighted by Gasteiger charge is 2.18. The molecule has 1 aromatic heterocycles. The molecule has 7 heteroatoms. The minimum absolute atomic E-state index is 0. The van der Waals surface area contributed by atoms with E-state index < -0.39 is 0 Å². The molecule has 0 atom stereocenters. The van der Waals surface area contributed by atoms with E-state index in [1.165, 1.54) is 4.57 Å². The molecule has 0 aliphatic carbocycles. The van der Waals surface area contributed by atoms with Gasteiger partial charge in [-0.1, -0.05) is 12.1 Å². The second-order valence-corrected chi connectivity index (χ2v) is 4.66. The van der Waals surface area contributed by atoms with Gasteiger partial charge in [0.05, 0.1) is 11.0 Å². The maximum Gasteiger partial charge on any atom is 0.326 e. The lowest BCUT2D eigenvalue weighted by atomic mass is 10.3. The van der Waals surface area contributed by atoms with Gasteiger partial charge in [-0.3, -0.25) is 9.36 Å². The molecule has 0 saturated carbocycles. The molecule has 0 spiro atoms. The lowest BCUT2D eigenvalue weighted by Crippen LogP contribution is -2.47. The van der Waals surface area contributed by atoms with Gasteiger partial charge in [-0.25, -0.2) is 4.79 Å². The fourth-order valence-electron chi connectivity index (χ4n) is 2.41. The Morgan fingerprint density at radius 2 is 1.90 bits per heavy atom. The first kappa shape index (κ1) is 14.6. The summed E-state index contributed by atoms with van der Waals surface area (Å²) in [5.41, 5.74) is 1.31. The Morgan fingerprint density at radius 3 is 2.65 bits per heavy atom. The normalized spacial score (nSPS) is 15.1. The zero-order chi connectivity index (χ0) is 13.2. The predicted octanol–water partition coefficient (Wildman–Crippen LogP) is 0.183. The minimum Gasteiger partial charge on any atom is -0.339 e. The number of nitrogens with one attached hydrogen (secondary N) is 2. The van der Waals surface area contributed by atoms with Crippen molar-refractivity contribution in [2.24, 2.45) is 0 Å². The smallest absolute Gasteiger partial charge is 0.326 e. The first-order chi connectivity index (χ1) is 9.25. The maximum atomic E-state index is 12.2. The third-order valence-electron chi connectivity index (χ3n) is 3.44. The number of carbonyl (C=O) groups is 1. The number of rotatable bonds is 2. The van der Waals surface area contributed by atoms with Gasteiger partial charge < -0.3 is 15.2 Å². The van der Waals surface area contributed by atoms with Crippen LogP contribution >= 0.6 is 12.4 Å². The van der Waals surface area contributed by atoms with Crippen molar-refractivity contribution in [1.82, 2.24) is 19.8 Å². The summed E-state index contributed by atoms with van der Waals surface area (Å²) in [6, 6.07) is 7.41. The predicted molar refractivity (Wildman–Crippen MR) is 79.3 cm³/mol. The standard InChI is InChI=1S/C13H16N4O2.ClH/c18-12(16-7-5-14-6-8-16)9-17-11-4-2-1-3-10(11)15-13(17)19;/h1-4,14H,5-9H2,(H,15,19);1H. The van der Waals surface area contributed by atoms with Gasteiger partial charge in [0.25, 0.3) is 0 Å². The minimum atomic E-state index is -0.232. The number of aromatic nitrogens is 2. The van der Waals surface area contributed by atoms with Crippen LogP contribution in [0.15, 0.2) is 29.1 Å². The number of piperazine rings is 1. The Labute approximate surface area is 122 Å². The van der Waals surface area contributed by atoms with Gasteiger partial charge >= 0.3 is 5.69 Å². The van der Waals surface area contributed by atoms with E-state index in [9.17, 15) is 9.59 Å². The lowest BCUT2D eigenvalue weighted by Gasteiger charge is -2.27. The maximum absolute atomic E-state index is 12.2. The number of fused-ring (bicyclic) bond motifs is 1. The Balaban J connectivity index is 0.00000147. The number of aromatic amines is 1. The van der Waals surface area contributed by atoms with E-state index in [0.29, 0.717) is 13.1 Å². The summed E-state index contributed by atoms with van der Waals surface area (Å²) >= 11 is 0. The van der Waals surface area contributed by atoms with Crippen molar-refractivity contribution in [3.8, 4) is 0 Å². The second kappa shape index (κ2) is 6.11. The first-order valence-corrected chi connectivity index (χ1v) is 6.42. The molecule has 0 bridgehead atoms. The molecule has 2 aromatic rings. The summed E-state index contributed by atoms with van der Waals surface area (Å²) in [5, 5.41) is 3.20. The monoisotopic (exact) mass is 296 g/mol. The van der Waals surface area contributed by atoms with Crippen LogP contribution in [0, 0.1) is 0 Å². The van der Waals surface area contributed by atoms with Crippen LogP contribution in [0.1, 0.15) is 0 Å². The Kier molecular flexibility index (Phi) is 4.46. The van der Waals surface area contributed by atoms with Crippen molar-refractivity contribution in [1.29, 1.82) is 0 Å². The quantitative estimate of drug-likeness (QED) is 0.831. The summed E-state index contributed by atoms with van der Waals surface area (Å²) in [7, 11) is 0. The van der Waals surface area contributed by atoms with Crippen LogP contribution < -0.4 is 11.0 Å². The number of amides is 1. The lowest BCUT2D eigenvalue weighted by molar-refractivity contribution is -0.132. The molecule has 1 aliphatic rings. The van der Waals surface area contributed by atoms with Gasteiger partial charge in [0, 0.05) is 26.2 Å². The average Bonchev–Trinajstić information content (AvgIpc) is 2.76. The summed E-state index contributed by atoms with van der Waals surface area (Å²) in [6.07, 6.45) is 0. The Morgan fingerprint density at radius 1 is 1.20 bits per heavy atom. The molecule has 2 heterocycles. The topological polar surface area (TPSA) is 70.1 Å². The number of halogens is 1. The fraction of sp³-hybridized carbons (Fsp3) is 0.385. The average molecular weight is 297 g/mol. The number of imidazole rings is 1. The van der Waals surface area contributed by atoms with Crippen LogP contribution in [-0.4, -0.2) is 46.5 Å². The van der Waals surface area contributed by atoms with Gasteiger partial charge in [0.1, 0.15) is 6.54 Å². The number of para-hydroxylation sites is 2. The molecule has 20 heavy (non-hydrogen) atoms. The van der Waals surface area contributed by atoms with Crippen LogP contribution in [0.2, 0.25) is 0 Å². The van der Waals surface area contributed by atoms with Crippen LogP contribution in [0.5, 0.6) is 0 Å². The third-order valence-corrected chi connectivity index (χ3v) is 3.44. The van der Waals surface area contributed by atoms with Gasteiger partial charge in [0.2, 0.25) is 5.91 Å². The van der Waals surface area contributed by atoms with E-state index in [1.54, 1.807) is 4.90 Å². The summed E-state index contributed by atoms with van der Waals surface area (Å²) in [6.45, 7) is 3.14. The molecule has 1 fully saturated rings. The number of H-pyrrole nitrogens is 1. The molecule has 0 unspecified atom stereocenters. The molecule has 108 valence electrons. The molecule has 0 radical (unpaired) electrons.